The number of aryl methyl sites for hydroxylation is 1. The number of carboxylic acid groups (broad SMARTS) is 1. The van der Waals surface area contributed by atoms with Crippen molar-refractivity contribution in [1.29, 1.82) is 0 Å². The maximum atomic E-state index is 10.4. The average molecular weight is 234 g/mol. The third kappa shape index (κ3) is 2.97. The second-order valence-electron chi connectivity index (χ2n) is 4.50. The summed E-state index contributed by atoms with van der Waals surface area (Å²) < 4.78 is 0. The van der Waals surface area contributed by atoms with Crippen LogP contribution in [-0.4, -0.2) is 17.6 Å². The Labute approximate surface area is 101 Å². The Morgan fingerprint density at radius 1 is 1.53 bits per heavy atom. The van der Waals surface area contributed by atoms with E-state index < -0.39 is 5.97 Å². The van der Waals surface area contributed by atoms with Gasteiger partial charge in [-0.15, -0.1) is 0 Å². The Balaban J connectivity index is 1.87. The molecule has 0 saturated heterocycles. The lowest BCUT2D eigenvalue weighted by atomic mass is 10.1. The summed E-state index contributed by atoms with van der Waals surface area (Å²) in [5.41, 5.74) is 9.20. The van der Waals surface area contributed by atoms with E-state index in [1.165, 1.54) is 11.1 Å². The topological polar surface area (TPSA) is 75.3 Å². The number of hydrogen-bond acceptors (Lipinski definition) is 3. The molecule has 4 N–H and O–H groups in total. The van der Waals surface area contributed by atoms with E-state index in [0.29, 0.717) is 12.5 Å². The molecule has 4 heteroatoms. The minimum atomic E-state index is -0.730. The number of hydrogen-bond donors (Lipinski definition) is 3. The fourth-order valence-electron chi connectivity index (χ4n) is 2.37. The second-order valence-corrected chi connectivity index (χ2v) is 4.50. The standard InChI is InChI=1S/C13H18N2O2/c14-10-4-5-11-9(8-10)3-6-12(11)15-7-1-2-13(16)17/h4-5,8,12,15H,1-3,6-7,14H2,(H,16,17). The van der Waals surface area contributed by atoms with Crippen LogP contribution in [0.1, 0.15) is 36.4 Å². The number of nitrogens with one attached hydrogen (secondary N) is 1. The monoisotopic (exact) mass is 234 g/mol. The van der Waals surface area contributed by atoms with Crippen LogP contribution in [0, 0.1) is 0 Å². The Hall–Kier alpha value is -1.55. The summed E-state index contributed by atoms with van der Waals surface area (Å²) in [6.07, 6.45) is 3.04. The number of nitrogen functional groups attached to an aromatic ring is 1. The van der Waals surface area contributed by atoms with Gasteiger partial charge in [0, 0.05) is 18.2 Å². The van der Waals surface area contributed by atoms with E-state index in [2.05, 4.69) is 11.4 Å². The molecule has 0 saturated carbocycles. The fraction of sp³-hybridized carbons (Fsp3) is 0.462. The van der Waals surface area contributed by atoms with Crippen molar-refractivity contribution in [2.45, 2.75) is 31.7 Å². The molecule has 0 aromatic heterocycles. The van der Waals surface area contributed by atoms with Crippen molar-refractivity contribution < 1.29 is 9.90 Å². The average Bonchev–Trinajstić information content (AvgIpc) is 2.66. The molecule has 2 rings (SSSR count). The highest BCUT2D eigenvalue weighted by Gasteiger charge is 2.21. The minimum absolute atomic E-state index is 0.230. The summed E-state index contributed by atoms with van der Waals surface area (Å²) in [5, 5.41) is 12.0. The van der Waals surface area contributed by atoms with Crippen LogP contribution in [0.15, 0.2) is 18.2 Å². The number of fused-ring (bicyclic) bond motifs is 1. The summed E-state index contributed by atoms with van der Waals surface area (Å²) in [6.45, 7) is 0.751. The molecule has 1 aliphatic rings. The molecule has 0 spiro atoms. The maximum absolute atomic E-state index is 10.4. The molecule has 0 fully saturated rings. The van der Waals surface area contributed by atoms with Crippen LogP contribution in [0.5, 0.6) is 0 Å². The van der Waals surface area contributed by atoms with Crippen LogP contribution in [0.3, 0.4) is 0 Å². The van der Waals surface area contributed by atoms with E-state index in [0.717, 1.165) is 25.1 Å². The van der Waals surface area contributed by atoms with E-state index in [4.69, 9.17) is 10.8 Å². The van der Waals surface area contributed by atoms with Crippen molar-refractivity contribution in [3.05, 3.63) is 29.3 Å². The first-order chi connectivity index (χ1) is 8.16. The van der Waals surface area contributed by atoms with Crippen LogP contribution in [0.4, 0.5) is 5.69 Å². The zero-order valence-electron chi connectivity index (χ0n) is 9.78. The Morgan fingerprint density at radius 3 is 3.12 bits per heavy atom. The molecule has 1 atom stereocenters. The number of nitrogens with two attached hydrogens (primary N) is 1. The van der Waals surface area contributed by atoms with Gasteiger partial charge in [-0.25, -0.2) is 0 Å². The lowest BCUT2D eigenvalue weighted by Crippen LogP contribution is -2.21. The quantitative estimate of drug-likeness (QED) is 0.535. The van der Waals surface area contributed by atoms with E-state index in [9.17, 15) is 4.79 Å². The lowest BCUT2D eigenvalue weighted by Gasteiger charge is -2.13. The maximum Gasteiger partial charge on any atom is 0.303 e. The highest BCUT2D eigenvalue weighted by molar-refractivity contribution is 5.66. The number of carboxylic acids is 1. The van der Waals surface area contributed by atoms with Crippen LogP contribution in [0.2, 0.25) is 0 Å². The molecular formula is C13H18N2O2. The second kappa shape index (κ2) is 5.19. The largest absolute Gasteiger partial charge is 0.481 e. The van der Waals surface area contributed by atoms with Crippen molar-refractivity contribution in [1.82, 2.24) is 5.32 Å². The molecule has 0 aliphatic heterocycles. The molecule has 4 nitrogen and oxygen atoms in total. The molecule has 1 aromatic carbocycles. The summed E-state index contributed by atoms with van der Waals surface area (Å²) >= 11 is 0. The van der Waals surface area contributed by atoms with Gasteiger partial charge in [-0.1, -0.05) is 6.07 Å². The van der Waals surface area contributed by atoms with Crippen LogP contribution in [-0.2, 0) is 11.2 Å². The smallest absolute Gasteiger partial charge is 0.303 e. The molecule has 0 amide bonds. The van der Waals surface area contributed by atoms with Gasteiger partial charge in [0.1, 0.15) is 0 Å². The first-order valence-corrected chi connectivity index (χ1v) is 6.00. The molecule has 0 heterocycles. The Morgan fingerprint density at radius 2 is 2.35 bits per heavy atom. The highest BCUT2D eigenvalue weighted by atomic mass is 16.4. The van der Waals surface area contributed by atoms with E-state index in [1.54, 1.807) is 0 Å². The SMILES string of the molecule is Nc1ccc2c(c1)CCC2NCCCC(=O)O. The number of benzene rings is 1. The predicted molar refractivity (Wildman–Crippen MR) is 66.8 cm³/mol. The van der Waals surface area contributed by atoms with E-state index >= 15 is 0 Å². The van der Waals surface area contributed by atoms with Crippen LogP contribution in [0.25, 0.3) is 0 Å². The first kappa shape index (κ1) is 11.9. The van der Waals surface area contributed by atoms with Gasteiger partial charge in [-0.2, -0.15) is 0 Å². The normalized spacial score (nSPS) is 18.0. The number of carbonyl (C=O) groups is 1. The summed E-state index contributed by atoms with van der Waals surface area (Å²) in [6, 6.07) is 6.40. The molecule has 0 radical (unpaired) electrons. The van der Waals surface area contributed by atoms with Crippen molar-refractivity contribution in [3.8, 4) is 0 Å². The van der Waals surface area contributed by atoms with Gasteiger partial charge < -0.3 is 16.2 Å². The van der Waals surface area contributed by atoms with Gasteiger partial charge >= 0.3 is 5.97 Å². The molecule has 1 unspecified atom stereocenters. The Kier molecular flexibility index (Phi) is 3.64. The van der Waals surface area contributed by atoms with E-state index in [1.807, 2.05) is 12.1 Å². The molecule has 0 bridgehead atoms. The third-order valence-electron chi connectivity index (χ3n) is 3.20. The fourth-order valence-corrected chi connectivity index (χ4v) is 2.37. The van der Waals surface area contributed by atoms with Gasteiger partial charge in [0.2, 0.25) is 0 Å². The van der Waals surface area contributed by atoms with Crippen molar-refractivity contribution in [2.75, 3.05) is 12.3 Å². The summed E-state index contributed by atoms with van der Waals surface area (Å²) in [5.74, 6) is -0.730. The predicted octanol–water partition coefficient (Wildman–Crippen LogP) is 1.71. The molecule has 1 aromatic rings. The molecular weight excluding hydrogens is 216 g/mol. The minimum Gasteiger partial charge on any atom is -0.481 e. The zero-order chi connectivity index (χ0) is 12.3. The number of rotatable bonds is 5. The molecule has 1 aliphatic carbocycles. The zero-order valence-corrected chi connectivity index (χ0v) is 9.78. The van der Waals surface area contributed by atoms with E-state index in [-0.39, 0.29) is 6.42 Å². The number of aliphatic carboxylic acids is 1. The van der Waals surface area contributed by atoms with Crippen LogP contribution < -0.4 is 11.1 Å². The lowest BCUT2D eigenvalue weighted by molar-refractivity contribution is -0.137. The first-order valence-electron chi connectivity index (χ1n) is 6.00. The van der Waals surface area contributed by atoms with Crippen molar-refractivity contribution in [3.63, 3.8) is 0 Å². The molecule has 17 heavy (non-hydrogen) atoms. The van der Waals surface area contributed by atoms with Gasteiger partial charge in [0.05, 0.1) is 0 Å². The Bertz CT molecular complexity index is 418. The van der Waals surface area contributed by atoms with Crippen molar-refractivity contribution >= 4 is 11.7 Å². The number of anilines is 1. The van der Waals surface area contributed by atoms with Gasteiger partial charge in [-0.3, -0.25) is 4.79 Å². The van der Waals surface area contributed by atoms with Crippen molar-refractivity contribution in [2.24, 2.45) is 0 Å². The summed E-state index contributed by atoms with van der Waals surface area (Å²) in [7, 11) is 0. The highest BCUT2D eigenvalue weighted by Crippen LogP contribution is 2.32. The van der Waals surface area contributed by atoms with Crippen LogP contribution >= 0.6 is 0 Å². The van der Waals surface area contributed by atoms with Gasteiger partial charge in [-0.05, 0) is 49.1 Å². The van der Waals surface area contributed by atoms with Gasteiger partial charge in [0.25, 0.3) is 0 Å². The summed E-state index contributed by atoms with van der Waals surface area (Å²) in [4.78, 5) is 10.4. The molecule has 92 valence electrons. The van der Waals surface area contributed by atoms with Gasteiger partial charge in [0.15, 0.2) is 0 Å². The third-order valence-corrected chi connectivity index (χ3v) is 3.20.